The number of thioether (sulfide) groups is 1. The van der Waals surface area contributed by atoms with E-state index < -0.39 is 0 Å². The highest BCUT2D eigenvalue weighted by Crippen LogP contribution is 2.19. The van der Waals surface area contributed by atoms with E-state index in [1.54, 1.807) is 0 Å². The Kier molecular flexibility index (Phi) is 7.08. The molecule has 0 atom stereocenters. The molecule has 0 aliphatic carbocycles. The number of hydrogen-bond acceptors (Lipinski definition) is 3. The van der Waals surface area contributed by atoms with E-state index in [4.69, 9.17) is 16.7 Å². The monoisotopic (exact) mass is 273 g/mol. The van der Waals surface area contributed by atoms with Gasteiger partial charge in [0.25, 0.3) is 0 Å². The minimum absolute atomic E-state index is 0.0166. The molecule has 1 aromatic rings. The molecule has 0 fully saturated rings. The minimum atomic E-state index is 0.0166. The third-order valence-electron chi connectivity index (χ3n) is 2.09. The van der Waals surface area contributed by atoms with Crippen LogP contribution < -0.4 is 5.32 Å². The van der Waals surface area contributed by atoms with Gasteiger partial charge in [-0.1, -0.05) is 11.6 Å². The zero-order valence-corrected chi connectivity index (χ0v) is 11.1. The molecule has 0 saturated carbocycles. The van der Waals surface area contributed by atoms with Gasteiger partial charge < -0.3 is 10.4 Å². The second-order valence-electron chi connectivity index (χ2n) is 3.52. The van der Waals surface area contributed by atoms with Crippen LogP contribution in [-0.2, 0) is 4.79 Å². The molecular formula is C12H16ClNO2S. The summed E-state index contributed by atoms with van der Waals surface area (Å²) in [6.07, 6.45) is 1.54. The summed E-state index contributed by atoms with van der Waals surface area (Å²) >= 11 is 7.24. The lowest BCUT2D eigenvalue weighted by Crippen LogP contribution is -2.26. The summed E-state index contributed by atoms with van der Waals surface area (Å²) in [4.78, 5) is 12.5. The van der Waals surface area contributed by atoms with Crippen LogP contribution in [0.25, 0.3) is 0 Å². The van der Waals surface area contributed by atoms with Gasteiger partial charge in [-0.05, 0) is 37.1 Å². The Balaban J connectivity index is 2.17. The predicted molar refractivity (Wildman–Crippen MR) is 71.5 cm³/mol. The van der Waals surface area contributed by atoms with E-state index in [1.807, 2.05) is 24.3 Å². The van der Waals surface area contributed by atoms with Gasteiger partial charge in [-0.3, -0.25) is 4.79 Å². The summed E-state index contributed by atoms with van der Waals surface area (Å²) in [5, 5.41) is 12.1. The van der Waals surface area contributed by atoms with Crippen LogP contribution in [0.15, 0.2) is 29.2 Å². The predicted octanol–water partition coefficient (Wildman–Crippen LogP) is 2.32. The van der Waals surface area contributed by atoms with Gasteiger partial charge in [0.1, 0.15) is 0 Å². The number of aliphatic hydroxyl groups excluding tert-OH is 1. The number of unbranched alkanes of at least 4 members (excludes halogenated alkanes) is 1. The second-order valence-corrected chi connectivity index (χ2v) is 5.01. The summed E-state index contributed by atoms with van der Waals surface area (Å²) in [6, 6.07) is 7.41. The highest BCUT2D eigenvalue weighted by Gasteiger charge is 2.02. The van der Waals surface area contributed by atoms with Crippen molar-refractivity contribution in [2.75, 3.05) is 18.9 Å². The highest BCUT2D eigenvalue weighted by atomic mass is 35.5. The van der Waals surface area contributed by atoms with Crippen LogP contribution in [0.2, 0.25) is 5.02 Å². The van der Waals surface area contributed by atoms with Crippen LogP contribution >= 0.6 is 23.4 Å². The van der Waals surface area contributed by atoms with Gasteiger partial charge >= 0.3 is 0 Å². The Labute approximate surface area is 111 Å². The normalized spacial score (nSPS) is 10.2. The smallest absolute Gasteiger partial charge is 0.230 e. The lowest BCUT2D eigenvalue weighted by molar-refractivity contribution is -0.118. The van der Waals surface area contributed by atoms with Gasteiger partial charge in [-0.15, -0.1) is 11.8 Å². The van der Waals surface area contributed by atoms with Crippen LogP contribution in [-0.4, -0.2) is 29.9 Å². The molecule has 0 unspecified atom stereocenters. The number of rotatable bonds is 7. The number of halogens is 1. The summed E-state index contributed by atoms with van der Waals surface area (Å²) in [6.45, 7) is 0.802. The zero-order chi connectivity index (χ0) is 12.5. The summed E-state index contributed by atoms with van der Waals surface area (Å²) < 4.78 is 0. The number of benzene rings is 1. The SMILES string of the molecule is O=C(CSc1ccc(Cl)cc1)NCCCCO. The van der Waals surface area contributed by atoms with E-state index >= 15 is 0 Å². The fourth-order valence-corrected chi connectivity index (χ4v) is 2.05. The maximum absolute atomic E-state index is 11.4. The third kappa shape index (κ3) is 6.56. The molecule has 1 amide bonds. The zero-order valence-electron chi connectivity index (χ0n) is 9.49. The van der Waals surface area contributed by atoms with Crippen molar-refractivity contribution in [1.29, 1.82) is 0 Å². The first-order valence-electron chi connectivity index (χ1n) is 5.48. The molecule has 94 valence electrons. The molecule has 0 bridgehead atoms. The lowest BCUT2D eigenvalue weighted by atomic mass is 10.3. The third-order valence-corrected chi connectivity index (χ3v) is 3.35. The molecule has 0 radical (unpaired) electrons. The van der Waals surface area contributed by atoms with Crippen molar-refractivity contribution in [1.82, 2.24) is 5.32 Å². The van der Waals surface area contributed by atoms with E-state index in [1.165, 1.54) is 11.8 Å². The molecule has 0 aliphatic heterocycles. The van der Waals surface area contributed by atoms with Gasteiger partial charge in [0.15, 0.2) is 0 Å². The van der Waals surface area contributed by atoms with E-state index in [0.29, 0.717) is 17.3 Å². The van der Waals surface area contributed by atoms with Crippen LogP contribution in [0, 0.1) is 0 Å². The molecule has 0 saturated heterocycles. The van der Waals surface area contributed by atoms with E-state index in [0.717, 1.165) is 17.7 Å². The molecule has 0 heterocycles. The van der Waals surface area contributed by atoms with Crippen LogP contribution in [0.5, 0.6) is 0 Å². The van der Waals surface area contributed by atoms with Crippen molar-refractivity contribution in [2.45, 2.75) is 17.7 Å². The van der Waals surface area contributed by atoms with Gasteiger partial charge in [0.05, 0.1) is 5.75 Å². The molecule has 0 aromatic heterocycles. The fourth-order valence-electron chi connectivity index (χ4n) is 1.20. The molecule has 1 rings (SSSR count). The maximum Gasteiger partial charge on any atom is 0.230 e. The van der Waals surface area contributed by atoms with E-state index in [2.05, 4.69) is 5.32 Å². The topological polar surface area (TPSA) is 49.3 Å². The van der Waals surface area contributed by atoms with Gasteiger partial charge in [-0.25, -0.2) is 0 Å². The van der Waals surface area contributed by atoms with Gasteiger partial charge in [-0.2, -0.15) is 0 Å². The summed E-state index contributed by atoms with van der Waals surface area (Å²) in [5.41, 5.74) is 0. The molecule has 1 aromatic carbocycles. The summed E-state index contributed by atoms with van der Waals surface area (Å²) in [7, 11) is 0. The van der Waals surface area contributed by atoms with Crippen molar-refractivity contribution in [3.8, 4) is 0 Å². The average molecular weight is 274 g/mol. The quantitative estimate of drug-likeness (QED) is 0.592. The average Bonchev–Trinajstić information content (AvgIpc) is 2.34. The number of amides is 1. The standard InChI is InChI=1S/C12H16ClNO2S/c13-10-3-5-11(6-4-10)17-9-12(16)14-7-1-2-8-15/h3-6,15H,1-2,7-9H2,(H,14,16). The van der Waals surface area contributed by atoms with Crippen LogP contribution in [0.4, 0.5) is 0 Å². The number of nitrogens with one attached hydrogen (secondary N) is 1. The molecule has 17 heavy (non-hydrogen) atoms. The first-order valence-corrected chi connectivity index (χ1v) is 6.84. The van der Waals surface area contributed by atoms with Gasteiger partial charge in [0.2, 0.25) is 5.91 Å². The second kappa shape index (κ2) is 8.39. The Morgan fingerprint density at radius 1 is 1.29 bits per heavy atom. The van der Waals surface area contributed by atoms with Crippen LogP contribution in [0.1, 0.15) is 12.8 Å². The molecule has 5 heteroatoms. The van der Waals surface area contributed by atoms with E-state index in [-0.39, 0.29) is 12.5 Å². The number of aliphatic hydroxyl groups is 1. The highest BCUT2D eigenvalue weighted by molar-refractivity contribution is 8.00. The Morgan fingerprint density at radius 2 is 2.00 bits per heavy atom. The number of carbonyl (C=O) groups excluding carboxylic acids is 1. The molecular weight excluding hydrogens is 258 g/mol. The van der Waals surface area contributed by atoms with Crippen LogP contribution in [0.3, 0.4) is 0 Å². The molecule has 0 spiro atoms. The maximum atomic E-state index is 11.4. The molecule has 3 nitrogen and oxygen atoms in total. The summed E-state index contributed by atoms with van der Waals surface area (Å²) in [5.74, 6) is 0.420. The van der Waals surface area contributed by atoms with Crippen molar-refractivity contribution in [3.63, 3.8) is 0 Å². The van der Waals surface area contributed by atoms with Gasteiger partial charge in [0, 0.05) is 23.1 Å². The fraction of sp³-hybridized carbons (Fsp3) is 0.417. The molecule has 0 aliphatic rings. The van der Waals surface area contributed by atoms with Crippen molar-refractivity contribution in [3.05, 3.63) is 29.3 Å². The van der Waals surface area contributed by atoms with Crippen molar-refractivity contribution < 1.29 is 9.90 Å². The number of carbonyl (C=O) groups is 1. The van der Waals surface area contributed by atoms with E-state index in [9.17, 15) is 4.79 Å². The largest absolute Gasteiger partial charge is 0.396 e. The molecule has 2 N–H and O–H groups in total. The first-order chi connectivity index (χ1) is 8.22. The first kappa shape index (κ1) is 14.4. The minimum Gasteiger partial charge on any atom is -0.396 e. The van der Waals surface area contributed by atoms with Crippen molar-refractivity contribution in [2.24, 2.45) is 0 Å². The Morgan fingerprint density at radius 3 is 2.65 bits per heavy atom. The number of hydrogen-bond donors (Lipinski definition) is 2. The van der Waals surface area contributed by atoms with Crippen molar-refractivity contribution >= 4 is 29.3 Å². The lowest BCUT2D eigenvalue weighted by Gasteiger charge is -2.04. The Hall–Kier alpha value is -0.710. The Bertz CT molecular complexity index is 343.